The van der Waals surface area contributed by atoms with E-state index in [1.54, 1.807) is 24.5 Å². The zero-order valence-electron chi connectivity index (χ0n) is 20.3. The number of amides is 1. The van der Waals surface area contributed by atoms with Gasteiger partial charge >= 0.3 is 0 Å². The Hall–Kier alpha value is -4.39. The van der Waals surface area contributed by atoms with Crippen LogP contribution in [0.5, 0.6) is 11.5 Å². The third kappa shape index (κ3) is 5.46. The molecule has 5 rings (SSSR count). The Balaban J connectivity index is 1.35. The van der Waals surface area contributed by atoms with Crippen LogP contribution < -0.4 is 20.1 Å². The Labute approximate surface area is 210 Å². The zero-order chi connectivity index (χ0) is 24.9. The second kappa shape index (κ2) is 10.5. The van der Waals surface area contributed by atoms with E-state index in [1.165, 1.54) is 0 Å². The van der Waals surface area contributed by atoms with Crippen LogP contribution in [0.15, 0.2) is 96.0 Å². The number of nitrogens with one attached hydrogen (secondary N) is 2. The highest BCUT2D eigenvalue weighted by molar-refractivity contribution is 6.09. The zero-order valence-corrected chi connectivity index (χ0v) is 20.3. The predicted molar refractivity (Wildman–Crippen MR) is 140 cm³/mol. The first kappa shape index (κ1) is 23.4. The van der Waals surface area contributed by atoms with Gasteiger partial charge in [0.2, 0.25) is 6.79 Å². The fourth-order valence-corrected chi connectivity index (χ4v) is 4.12. The van der Waals surface area contributed by atoms with Crippen LogP contribution in [0.4, 0.5) is 5.69 Å². The van der Waals surface area contributed by atoms with E-state index in [-0.39, 0.29) is 18.7 Å². The highest BCUT2D eigenvalue weighted by Gasteiger charge is 2.17. The maximum absolute atomic E-state index is 12.5. The molecule has 7 heteroatoms. The predicted octanol–water partition coefficient (Wildman–Crippen LogP) is 5.64. The summed E-state index contributed by atoms with van der Waals surface area (Å²) in [5.74, 6) is 2.43. The first-order valence-corrected chi connectivity index (χ1v) is 12.0. The summed E-state index contributed by atoms with van der Waals surface area (Å²) in [6, 6.07) is 17.1. The normalized spacial score (nSPS) is 21.1. The molecule has 0 aliphatic carbocycles. The van der Waals surface area contributed by atoms with Crippen LogP contribution in [-0.2, 0) is 0 Å². The smallest absolute Gasteiger partial charge is 0.257 e. The summed E-state index contributed by atoms with van der Waals surface area (Å²) in [6.45, 7) is 4.49. The van der Waals surface area contributed by atoms with Crippen molar-refractivity contribution in [1.29, 1.82) is 0 Å². The van der Waals surface area contributed by atoms with Gasteiger partial charge in [-0.05, 0) is 79.4 Å². The average Bonchev–Trinajstić information content (AvgIpc) is 3.35. The minimum atomic E-state index is -0.192. The summed E-state index contributed by atoms with van der Waals surface area (Å²) in [5, 5.41) is 6.51. The van der Waals surface area contributed by atoms with E-state index in [4.69, 9.17) is 14.5 Å². The molecule has 36 heavy (non-hydrogen) atoms. The van der Waals surface area contributed by atoms with Gasteiger partial charge in [0.1, 0.15) is 5.82 Å². The molecule has 0 saturated carbocycles. The van der Waals surface area contributed by atoms with Crippen LogP contribution >= 0.6 is 0 Å². The summed E-state index contributed by atoms with van der Waals surface area (Å²) in [5.41, 5.74) is 4.09. The monoisotopic (exact) mass is 480 g/mol. The number of ether oxygens (including phenoxy) is 2. The third-order valence-electron chi connectivity index (χ3n) is 6.07. The van der Waals surface area contributed by atoms with Gasteiger partial charge in [0.25, 0.3) is 5.91 Å². The Morgan fingerprint density at radius 2 is 1.97 bits per heavy atom. The summed E-state index contributed by atoms with van der Waals surface area (Å²) < 4.78 is 11.0. The van der Waals surface area contributed by atoms with Crippen molar-refractivity contribution in [3.63, 3.8) is 0 Å². The third-order valence-corrected chi connectivity index (χ3v) is 6.07. The Kier molecular flexibility index (Phi) is 6.80. The van der Waals surface area contributed by atoms with Crippen LogP contribution in [-0.4, -0.2) is 23.4 Å². The van der Waals surface area contributed by atoms with Crippen LogP contribution in [0.1, 0.15) is 47.8 Å². The number of rotatable bonds is 6. The lowest BCUT2D eigenvalue weighted by molar-refractivity contribution is 0.102. The maximum Gasteiger partial charge on any atom is 0.257 e. The summed E-state index contributed by atoms with van der Waals surface area (Å²) in [4.78, 5) is 21.5. The lowest BCUT2D eigenvalue weighted by Gasteiger charge is -2.20. The molecular formula is C29H28N4O3. The van der Waals surface area contributed by atoms with E-state index in [0.717, 1.165) is 46.3 Å². The first-order valence-electron chi connectivity index (χ1n) is 12.0. The van der Waals surface area contributed by atoms with E-state index in [2.05, 4.69) is 47.7 Å². The number of hydrogen-bond donors (Lipinski definition) is 2. The molecule has 2 aliphatic rings. The fourth-order valence-electron chi connectivity index (χ4n) is 4.12. The summed E-state index contributed by atoms with van der Waals surface area (Å²) in [6.07, 6.45) is 10.5. The second-order valence-corrected chi connectivity index (χ2v) is 8.92. The molecule has 0 saturated heterocycles. The standard InChI is InChI=1S/C29H28N4O3/c1-19-6-3-10-25(22-11-12-26-27(16-22)36-18-35-26)33-28(14-19)31-20(2)21-7-4-9-24(15-21)32-29(34)23-8-5-13-30-17-23/h3-5,7-17,19-20,31H,6,18H2,1-2H3,(H,32,34)/b10-3+,28-14-,33-25-/t19?,20-/m0/s1. The molecule has 182 valence electrons. The molecule has 3 heterocycles. The number of anilines is 1. The number of allylic oxidation sites excluding steroid dienone is 3. The van der Waals surface area contributed by atoms with Crippen LogP contribution in [0, 0.1) is 5.92 Å². The molecule has 1 amide bonds. The minimum absolute atomic E-state index is 0.0381. The van der Waals surface area contributed by atoms with Gasteiger partial charge in [-0.25, -0.2) is 4.99 Å². The topological polar surface area (TPSA) is 84.8 Å². The van der Waals surface area contributed by atoms with Crippen molar-refractivity contribution >= 4 is 17.3 Å². The molecule has 2 atom stereocenters. The number of fused-ring (bicyclic) bond motifs is 1. The molecule has 2 N–H and O–H groups in total. The SMILES string of the molecule is CC1\C=C(N[C@@H](C)c2cccc(NC(=O)c3cccnc3)c2)/N=C(c2ccc3c(c2)OCO3)/C=C/C1. The largest absolute Gasteiger partial charge is 0.454 e. The van der Waals surface area contributed by atoms with E-state index in [1.807, 2.05) is 42.5 Å². The van der Waals surface area contributed by atoms with Crippen molar-refractivity contribution in [3.8, 4) is 11.5 Å². The maximum atomic E-state index is 12.5. The highest BCUT2D eigenvalue weighted by atomic mass is 16.7. The van der Waals surface area contributed by atoms with Gasteiger partial charge in [0.15, 0.2) is 11.5 Å². The first-order chi connectivity index (χ1) is 17.5. The quantitative estimate of drug-likeness (QED) is 0.477. The van der Waals surface area contributed by atoms with Crippen molar-refractivity contribution in [2.45, 2.75) is 26.3 Å². The van der Waals surface area contributed by atoms with Gasteiger partial charge < -0.3 is 20.1 Å². The lowest BCUT2D eigenvalue weighted by Crippen LogP contribution is -2.20. The number of carbonyl (C=O) groups excluding carboxylic acids is 1. The summed E-state index contributed by atoms with van der Waals surface area (Å²) in [7, 11) is 0. The minimum Gasteiger partial charge on any atom is -0.454 e. The highest BCUT2D eigenvalue weighted by Crippen LogP contribution is 2.33. The molecule has 3 aromatic rings. The molecule has 1 aromatic heterocycles. The summed E-state index contributed by atoms with van der Waals surface area (Å²) >= 11 is 0. The van der Waals surface area contributed by atoms with Crippen molar-refractivity contribution in [2.24, 2.45) is 10.9 Å². The van der Waals surface area contributed by atoms with Crippen molar-refractivity contribution < 1.29 is 14.3 Å². The number of carbonyl (C=O) groups is 1. The molecule has 0 spiro atoms. The average molecular weight is 481 g/mol. The van der Waals surface area contributed by atoms with Crippen molar-refractivity contribution in [1.82, 2.24) is 10.3 Å². The number of hydrogen-bond acceptors (Lipinski definition) is 6. The van der Waals surface area contributed by atoms with Gasteiger partial charge in [-0.15, -0.1) is 0 Å². The van der Waals surface area contributed by atoms with Crippen LogP contribution in [0.2, 0.25) is 0 Å². The van der Waals surface area contributed by atoms with Gasteiger partial charge in [0, 0.05) is 23.6 Å². The van der Waals surface area contributed by atoms with E-state index >= 15 is 0 Å². The van der Waals surface area contributed by atoms with Gasteiger partial charge in [-0.1, -0.05) is 25.1 Å². The van der Waals surface area contributed by atoms with Crippen molar-refractivity contribution in [2.75, 3.05) is 12.1 Å². The molecule has 0 fully saturated rings. The number of aliphatic imine (C=N–C) groups is 1. The van der Waals surface area contributed by atoms with Gasteiger partial charge in [-0.2, -0.15) is 0 Å². The van der Waals surface area contributed by atoms with E-state index in [9.17, 15) is 4.79 Å². The molecule has 0 radical (unpaired) electrons. The van der Waals surface area contributed by atoms with Crippen molar-refractivity contribution in [3.05, 3.63) is 108 Å². The van der Waals surface area contributed by atoms with E-state index in [0.29, 0.717) is 11.5 Å². The Bertz CT molecular complexity index is 1350. The molecule has 0 bridgehead atoms. The number of pyridine rings is 1. The Morgan fingerprint density at radius 3 is 2.83 bits per heavy atom. The second-order valence-electron chi connectivity index (χ2n) is 8.92. The molecule has 2 aromatic carbocycles. The number of benzene rings is 2. The Morgan fingerprint density at radius 1 is 1.08 bits per heavy atom. The molecule has 7 nitrogen and oxygen atoms in total. The number of nitrogens with zero attached hydrogens (tertiary/aromatic N) is 2. The molecular weight excluding hydrogens is 452 g/mol. The van der Waals surface area contributed by atoms with Crippen LogP contribution in [0.3, 0.4) is 0 Å². The molecule has 2 aliphatic heterocycles. The van der Waals surface area contributed by atoms with E-state index < -0.39 is 0 Å². The van der Waals surface area contributed by atoms with Gasteiger partial charge in [-0.3, -0.25) is 9.78 Å². The number of aromatic nitrogens is 1. The van der Waals surface area contributed by atoms with Gasteiger partial charge in [0.05, 0.1) is 17.3 Å². The molecule has 1 unspecified atom stereocenters. The fraction of sp³-hybridized carbons (Fsp3) is 0.207. The van der Waals surface area contributed by atoms with Crippen LogP contribution in [0.25, 0.3) is 0 Å². The lowest BCUT2D eigenvalue weighted by atomic mass is 10.0.